The van der Waals surface area contributed by atoms with Crippen LogP contribution in [0.2, 0.25) is 0 Å². The largest absolute Gasteiger partial charge is 0.487 e. The van der Waals surface area contributed by atoms with Crippen molar-refractivity contribution >= 4 is 9.84 Å². The van der Waals surface area contributed by atoms with Crippen molar-refractivity contribution in [1.29, 1.82) is 0 Å². The Morgan fingerprint density at radius 3 is 2.90 bits per heavy atom. The van der Waals surface area contributed by atoms with Gasteiger partial charge in [0.05, 0.1) is 17.2 Å². The molecule has 1 N–H and O–H groups in total. The number of pyridine rings is 1. The van der Waals surface area contributed by atoms with E-state index in [4.69, 9.17) is 4.74 Å². The molecule has 1 aliphatic rings. The average Bonchev–Trinajstić information content (AvgIpc) is 2.72. The van der Waals surface area contributed by atoms with Crippen LogP contribution < -0.4 is 10.1 Å². The zero-order valence-corrected chi connectivity index (χ0v) is 12.9. The molecule has 20 heavy (non-hydrogen) atoms. The van der Waals surface area contributed by atoms with Crippen LogP contribution in [0, 0.1) is 6.92 Å². The molecule has 0 saturated carbocycles. The molecule has 6 heteroatoms. The highest BCUT2D eigenvalue weighted by molar-refractivity contribution is 7.91. The topological polar surface area (TPSA) is 68.3 Å². The monoisotopic (exact) mass is 298 g/mol. The fraction of sp³-hybridized carbons (Fsp3) is 0.643. The molecule has 0 radical (unpaired) electrons. The Labute approximate surface area is 120 Å². The van der Waals surface area contributed by atoms with E-state index in [1.54, 1.807) is 0 Å². The number of hydrogen-bond acceptors (Lipinski definition) is 5. The van der Waals surface area contributed by atoms with E-state index < -0.39 is 9.84 Å². The van der Waals surface area contributed by atoms with E-state index >= 15 is 0 Å². The second-order valence-corrected chi connectivity index (χ2v) is 7.45. The van der Waals surface area contributed by atoms with Gasteiger partial charge in [-0.15, -0.1) is 0 Å². The standard InChI is InChI=1S/C14H22N2O3S/c1-3-7-15-9-13-14(5-4-11(2)16-13)19-12-6-8-20(17,18)10-12/h4-5,12,15H,3,6-10H2,1-2H3. The minimum atomic E-state index is -2.92. The van der Waals surface area contributed by atoms with Crippen LogP contribution in [-0.2, 0) is 16.4 Å². The zero-order valence-electron chi connectivity index (χ0n) is 12.1. The summed E-state index contributed by atoms with van der Waals surface area (Å²) in [7, 11) is -2.92. The van der Waals surface area contributed by atoms with Crippen molar-refractivity contribution in [3.8, 4) is 5.75 Å². The molecule has 2 rings (SSSR count). The van der Waals surface area contributed by atoms with E-state index in [0.717, 1.165) is 24.4 Å². The van der Waals surface area contributed by atoms with E-state index in [1.807, 2.05) is 19.1 Å². The van der Waals surface area contributed by atoms with Crippen LogP contribution in [0.5, 0.6) is 5.75 Å². The van der Waals surface area contributed by atoms with Crippen LogP contribution in [0.4, 0.5) is 0 Å². The van der Waals surface area contributed by atoms with Crippen LogP contribution >= 0.6 is 0 Å². The Morgan fingerprint density at radius 2 is 2.25 bits per heavy atom. The minimum absolute atomic E-state index is 0.114. The van der Waals surface area contributed by atoms with Gasteiger partial charge < -0.3 is 10.1 Å². The molecule has 0 bridgehead atoms. The summed E-state index contributed by atoms with van der Waals surface area (Å²) >= 11 is 0. The molecule has 0 aromatic carbocycles. The summed E-state index contributed by atoms with van der Waals surface area (Å²) in [5, 5.41) is 3.30. The maximum Gasteiger partial charge on any atom is 0.154 e. The van der Waals surface area contributed by atoms with E-state index in [1.165, 1.54) is 0 Å². The van der Waals surface area contributed by atoms with Crippen molar-refractivity contribution in [3.05, 3.63) is 23.5 Å². The molecule has 1 unspecified atom stereocenters. The number of aryl methyl sites for hydroxylation is 1. The second-order valence-electron chi connectivity index (χ2n) is 5.22. The molecular formula is C14H22N2O3S. The van der Waals surface area contributed by atoms with Gasteiger partial charge in [-0.3, -0.25) is 4.98 Å². The number of hydrogen-bond donors (Lipinski definition) is 1. The SMILES string of the molecule is CCCNCc1nc(C)ccc1OC1CCS(=O)(=O)C1. The highest BCUT2D eigenvalue weighted by Crippen LogP contribution is 2.23. The van der Waals surface area contributed by atoms with Gasteiger partial charge in [0.2, 0.25) is 0 Å². The van der Waals surface area contributed by atoms with Crippen LogP contribution in [0.1, 0.15) is 31.2 Å². The maximum absolute atomic E-state index is 11.5. The molecule has 5 nitrogen and oxygen atoms in total. The molecule has 1 saturated heterocycles. The number of ether oxygens (including phenoxy) is 1. The molecule has 1 aromatic heterocycles. The summed E-state index contributed by atoms with van der Waals surface area (Å²) in [5.41, 5.74) is 1.78. The molecule has 1 aromatic rings. The molecular weight excluding hydrogens is 276 g/mol. The Morgan fingerprint density at radius 1 is 1.45 bits per heavy atom. The molecule has 112 valence electrons. The summed E-state index contributed by atoms with van der Waals surface area (Å²) in [6, 6.07) is 3.78. The van der Waals surface area contributed by atoms with Crippen LogP contribution in [0.3, 0.4) is 0 Å². The third kappa shape index (κ3) is 4.18. The Hall–Kier alpha value is -1.14. The van der Waals surface area contributed by atoms with Gasteiger partial charge in [0.1, 0.15) is 11.9 Å². The quantitative estimate of drug-likeness (QED) is 0.805. The maximum atomic E-state index is 11.5. The van der Waals surface area contributed by atoms with Crippen molar-refractivity contribution in [2.75, 3.05) is 18.1 Å². The van der Waals surface area contributed by atoms with Gasteiger partial charge in [-0.1, -0.05) is 6.92 Å². The van der Waals surface area contributed by atoms with Crippen LogP contribution in [-0.4, -0.2) is 37.6 Å². The number of nitrogens with zero attached hydrogens (tertiary/aromatic N) is 1. The van der Waals surface area contributed by atoms with Gasteiger partial charge in [-0.25, -0.2) is 8.42 Å². The lowest BCUT2D eigenvalue weighted by Crippen LogP contribution is -2.21. The zero-order chi connectivity index (χ0) is 14.6. The first kappa shape index (κ1) is 15.3. The van der Waals surface area contributed by atoms with Crippen molar-refractivity contribution < 1.29 is 13.2 Å². The highest BCUT2D eigenvalue weighted by atomic mass is 32.2. The predicted octanol–water partition coefficient (Wildman–Crippen LogP) is 1.46. The summed E-state index contributed by atoms with van der Waals surface area (Å²) in [6.07, 6.45) is 1.38. The van der Waals surface area contributed by atoms with Crippen molar-refractivity contribution in [1.82, 2.24) is 10.3 Å². The Bertz CT molecular complexity index is 558. The van der Waals surface area contributed by atoms with Gasteiger partial charge in [-0.2, -0.15) is 0 Å². The smallest absolute Gasteiger partial charge is 0.154 e. The van der Waals surface area contributed by atoms with Gasteiger partial charge in [0.15, 0.2) is 9.84 Å². The molecule has 0 spiro atoms. The molecule has 0 aliphatic carbocycles. The minimum Gasteiger partial charge on any atom is -0.487 e. The fourth-order valence-corrected chi connectivity index (χ4v) is 3.84. The first-order valence-electron chi connectivity index (χ1n) is 7.04. The molecule has 2 heterocycles. The van der Waals surface area contributed by atoms with Crippen LogP contribution in [0.25, 0.3) is 0 Å². The molecule has 0 amide bonds. The molecule has 1 atom stereocenters. The normalized spacial score (nSPS) is 21.0. The van der Waals surface area contributed by atoms with E-state index in [-0.39, 0.29) is 17.6 Å². The number of aromatic nitrogens is 1. The second kappa shape index (κ2) is 6.54. The van der Waals surface area contributed by atoms with Crippen molar-refractivity contribution in [2.24, 2.45) is 0 Å². The Balaban J connectivity index is 2.06. The summed E-state index contributed by atoms with van der Waals surface area (Å²) in [6.45, 7) is 5.61. The highest BCUT2D eigenvalue weighted by Gasteiger charge is 2.29. The van der Waals surface area contributed by atoms with E-state index in [0.29, 0.717) is 18.7 Å². The third-order valence-corrected chi connectivity index (χ3v) is 5.01. The molecule has 1 fully saturated rings. The summed E-state index contributed by atoms with van der Waals surface area (Å²) < 4.78 is 28.8. The summed E-state index contributed by atoms with van der Waals surface area (Å²) in [5.74, 6) is 1.03. The average molecular weight is 298 g/mol. The van der Waals surface area contributed by atoms with Crippen molar-refractivity contribution in [2.45, 2.75) is 39.3 Å². The number of sulfone groups is 1. The van der Waals surface area contributed by atoms with Crippen LogP contribution in [0.15, 0.2) is 12.1 Å². The predicted molar refractivity (Wildman–Crippen MR) is 78.7 cm³/mol. The fourth-order valence-electron chi connectivity index (χ4n) is 2.25. The van der Waals surface area contributed by atoms with Gasteiger partial charge >= 0.3 is 0 Å². The van der Waals surface area contributed by atoms with Crippen molar-refractivity contribution in [3.63, 3.8) is 0 Å². The number of nitrogens with one attached hydrogen (secondary N) is 1. The lowest BCUT2D eigenvalue weighted by Gasteiger charge is -2.16. The van der Waals surface area contributed by atoms with E-state index in [2.05, 4.69) is 17.2 Å². The first-order chi connectivity index (χ1) is 9.50. The van der Waals surface area contributed by atoms with Gasteiger partial charge in [0.25, 0.3) is 0 Å². The summed E-state index contributed by atoms with van der Waals surface area (Å²) in [4.78, 5) is 4.49. The third-order valence-electron chi connectivity index (χ3n) is 3.28. The van der Waals surface area contributed by atoms with Gasteiger partial charge in [0, 0.05) is 12.2 Å². The van der Waals surface area contributed by atoms with E-state index in [9.17, 15) is 8.42 Å². The lowest BCUT2D eigenvalue weighted by atomic mass is 10.2. The first-order valence-corrected chi connectivity index (χ1v) is 8.86. The molecule has 1 aliphatic heterocycles. The Kier molecular flexibility index (Phi) is 4.99. The van der Waals surface area contributed by atoms with Gasteiger partial charge in [-0.05, 0) is 38.4 Å². The lowest BCUT2D eigenvalue weighted by molar-refractivity contribution is 0.225. The number of rotatable bonds is 6.